The van der Waals surface area contributed by atoms with Gasteiger partial charge in [0.15, 0.2) is 0 Å². The minimum Gasteiger partial charge on any atom is -0.460 e. The zero-order valence-corrected chi connectivity index (χ0v) is 43.5. The Labute approximate surface area is 446 Å². The fraction of sp³-hybridized carbons (Fsp3) is 0.279. The number of nitrogens with one attached hydrogen (secondary N) is 4. The highest BCUT2D eigenvalue weighted by molar-refractivity contribution is 8.00. The lowest BCUT2D eigenvalue weighted by Crippen LogP contribution is -2.58. The van der Waals surface area contributed by atoms with Crippen LogP contribution >= 0.6 is 11.8 Å². The molecule has 4 atom stereocenters. The lowest BCUT2D eigenvalue weighted by molar-refractivity contribution is -0.156. The third-order valence-electron chi connectivity index (χ3n) is 14.0. The van der Waals surface area contributed by atoms with Gasteiger partial charge in [-0.3, -0.25) is 24.0 Å². The number of benzene rings is 6. The van der Waals surface area contributed by atoms with Crippen LogP contribution in [0.5, 0.6) is 0 Å². The number of hydrogen-bond acceptors (Lipinski definition) is 9. The molecule has 6 aromatic carbocycles. The molecule has 76 heavy (non-hydrogen) atoms. The van der Waals surface area contributed by atoms with Crippen molar-refractivity contribution in [3.8, 4) is 11.1 Å². The summed E-state index contributed by atoms with van der Waals surface area (Å²) in [4.78, 5) is 89.7. The zero-order valence-electron chi connectivity index (χ0n) is 42.7. The Hall–Kier alpha value is -8.17. The number of ether oxygens (including phenoxy) is 2. The van der Waals surface area contributed by atoms with Crippen molar-refractivity contribution < 1.29 is 38.2 Å². The number of carbonyl (C=O) groups excluding carboxylic acids is 6. The predicted molar refractivity (Wildman–Crippen MR) is 294 cm³/mol. The molecule has 7 aromatic rings. The average Bonchev–Trinajstić information content (AvgIpc) is 4.21. The van der Waals surface area contributed by atoms with E-state index in [-0.39, 0.29) is 37.7 Å². The molecular weight excluding hydrogens is 977 g/mol. The first-order chi connectivity index (χ1) is 36.7. The number of likely N-dealkylation sites (tertiary alicyclic amines) is 1. The molecule has 0 spiro atoms. The standard InChI is InChI=1S/C61H62N6O8S/c1-60(2,3)75-54(68)35-50(66-59(73)74-37-48-46-29-15-13-27-44(46)45-28-14-16-30-47(45)48)56(70)64-51(34-39-36-63-49-31-18-17-26-43(39)49)58(72)67-33-19-32-53(67)57(71)65-52(55(62)69)38-76-61(40-20-7-4-8-21-40,41-22-9-5-10-23-41)42-24-11-6-12-25-42/h4-18,20-31,36,48,50-53,63H,19,32-35,37-38H2,1-3H3,(H2,62,69)(H,64,70)(H,65,71)(H,66,73). The molecule has 1 aliphatic carbocycles. The van der Waals surface area contributed by atoms with E-state index in [1.807, 2.05) is 164 Å². The first-order valence-corrected chi connectivity index (χ1v) is 26.6. The van der Waals surface area contributed by atoms with Gasteiger partial charge in [-0.1, -0.05) is 158 Å². The molecular formula is C61H62N6O8S. The highest BCUT2D eigenvalue weighted by Crippen LogP contribution is 2.49. The van der Waals surface area contributed by atoms with E-state index < -0.39 is 76.6 Å². The van der Waals surface area contributed by atoms with Crippen LogP contribution in [0, 0.1) is 0 Å². The molecule has 0 saturated carbocycles. The second-order valence-corrected chi connectivity index (χ2v) is 21.4. The van der Waals surface area contributed by atoms with Crippen molar-refractivity contribution in [1.29, 1.82) is 0 Å². The highest BCUT2D eigenvalue weighted by atomic mass is 32.2. The minimum absolute atomic E-state index is 0.0232. The van der Waals surface area contributed by atoms with Crippen LogP contribution < -0.4 is 21.7 Å². The van der Waals surface area contributed by atoms with Gasteiger partial charge in [0.2, 0.25) is 23.6 Å². The van der Waals surface area contributed by atoms with Gasteiger partial charge in [0.1, 0.15) is 36.4 Å². The SMILES string of the molecule is CC(C)(C)OC(=O)CC(NC(=O)OCC1c2ccccc2-c2ccccc21)C(=O)NC(Cc1c[nH]c2ccccc12)C(=O)N1CCCC1C(=O)NC(CSC(c1ccccc1)(c1ccccc1)c1ccccc1)C(N)=O. The summed E-state index contributed by atoms with van der Waals surface area (Å²) in [6, 6.07) is 48.1. The summed E-state index contributed by atoms with van der Waals surface area (Å²) in [7, 11) is 0. The molecule has 4 unspecified atom stereocenters. The number of nitrogens with zero attached hydrogens (tertiary/aromatic N) is 1. The van der Waals surface area contributed by atoms with E-state index in [1.165, 1.54) is 16.7 Å². The van der Waals surface area contributed by atoms with E-state index >= 15 is 4.79 Å². The summed E-state index contributed by atoms with van der Waals surface area (Å²) >= 11 is 1.47. The molecule has 2 heterocycles. The Balaban J connectivity index is 0.955. The number of fused-ring (bicyclic) bond motifs is 4. The van der Waals surface area contributed by atoms with Gasteiger partial charge in [0, 0.05) is 41.7 Å². The van der Waals surface area contributed by atoms with Gasteiger partial charge < -0.3 is 41.0 Å². The second kappa shape index (κ2) is 23.2. The molecule has 2 aliphatic rings. The van der Waals surface area contributed by atoms with Gasteiger partial charge in [-0.15, -0.1) is 11.8 Å². The van der Waals surface area contributed by atoms with Gasteiger partial charge in [0.05, 0.1) is 11.2 Å². The topological polar surface area (TPSA) is 202 Å². The number of esters is 1. The number of aromatic amines is 1. The maximum Gasteiger partial charge on any atom is 0.407 e. The van der Waals surface area contributed by atoms with E-state index in [2.05, 4.69) is 20.9 Å². The van der Waals surface area contributed by atoms with Crippen LogP contribution in [0.15, 0.2) is 170 Å². The molecule has 1 aliphatic heterocycles. The number of carbonyl (C=O) groups is 6. The van der Waals surface area contributed by atoms with Crippen LogP contribution in [0.4, 0.5) is 4.79 Å². The summed E-state index contributed by atoms with van der Waals surface area (Å²) in [5, 5.41) is 9.19. The first-order valence-electron chi connectivity index (χ1n) is 25.6. The van der Waals surface area contributed by atoms with E-state index in [4.69, 9.17) is 15.2 Å². The molecule has 5 amide bonds. The summed E-state index contributed by atoms with van der Waals surface area (Å²) in [6.45, 7) is 5.19. The number of nitrogens with two attached hydrogens (primary N) is 1. The zero-order chi connectivity index (χ0) is 53.4. The number of alkyl carbamates (subject to hydrolysis) is 1. The third-order valence-corrected chi connectivity index (χ3v) is 15.6. The molecule has 1 fully saturated rings. The van der Waals surface area contributed by atoms with Crippen LogP contribution in [0.3, 0.4) is 0 Å². The molecule has 0 bridgehead atoms. The quantitative estimate of drug-likeness (QED) is 0.0389. The average molecular weight is 1040 g/mol. The van der Waals surface area contributed by atoms with Crippen LogP contribution in [-0.4, -0.2) is 94.2 Å². The number of primary amides is 1. The normalized spacial score (nSPS) is 15.4. The number of thioether (sulfide) groups is 1. The van der Waals surface area contributed by atoms with Gasteiger partial charge in [-0.25, -0.2) is 4.79 Å². The first kappa shape index (κ1) is 52.7. The summed E-state index contributed by atoms with van der Waals surface area (Å²) < 4.78 is 10.6. The van der Waals surface area contributed by atoms with Crippen molar-refractivity contribution in [3.05, 3.63) is 203 Å². The molecule has 6 N–H and O–H groups in total. The van der Waals surface area contributed by atoms with Gasteiger partial charge in [-0.05, 0) is 84.2 Å². The smallest absolute Gasteiger partial charge is 0.407 e. The van der Waals surface area contributed by atoms with Crippen molar-refractivity contribution in [2.75, 3.05) is 18.9 Å². The van der Waals surface area contributed by atoms with Crippen molar-refractivity contribution >= 4 is 58.4 Å². The summed E-state index contributed by atoms with van der Waals surface area (Å²) in [5.74, 6) is -3.70. The third kappa shape index (κ3) is 11.7. The number of amides is 5. The van der Waals surface area contributed by atoms with Crippen LogP contribution in [0.1, 0.15) is 79.3 Å². The van der Waals surface area contributed by atoms with Crippen molar-refractivity contribution in [2.45, 2.75) is 86.9 Å². The number of para-hydroxylation sites is 1. The molecule has 15 heteroatoms. The number of hydrogen-bond donors (Lipinski definition) is 5. The van der Waals surface area contributed by atoms with E-state index in [9.17, 15) is 24.0 Å². The molecule has 390 valence electrons. The lowest BCUT2D eigenvalue weighted by atomic mass is 9.84. The van der Waals surface area contributed by atoms with E-state index in [1.54, 1.807) is 27.0 Å². The Morgan fingerprint density at radius 2 is 1.24 bits per heavy atom. The van der Waals surface area contributed by atoms with Crippen LogP contribution in [-0.2, 0) is 44.6 Å². The van der Waals surface area contributed by atoms with Crippen molar-refractivity contribution in [1.82, 2.24) is 25.8 Å². The van der Waals surface area contributed by atoms with Gasteiger partial charge in [-0.2, -0.15) is 0 Å². The largest absolute Gasteiger partial charge is 0.460 e. The number of aromatic nitrogens is 1. The molecule has 14 nitrogen and oxygen atoms in total. The van der Waals surface area contributed by atoms with E-state index in [0.717, 1.165) is 49.8 Å². The van der Waals surface area contributed by atoms with Crippen LogP contribution in [0.25, 0.3) is 22.0 Å². The highest BCUT2D eigenvalue weighted by Gasteiger charge is 2.42. The second-order valence-electron chi connectivity index (χ2n) is 20.2. The Morgan fingerprint density at radius 3 is 1.82 bits per heavy atom. The fourth-order valence-corrected chi connectivity index (χ4v) is 12.0. The summed E-state index contributed by atoms with van der Waals surface area (Å²) in [5.41, 5.74) is 13.6. The maximum absolute atomic E-state index is 15.1. The molecule has 1 aromatic heterocycles. The van der Waals surface area contributed by atoms with E-state index in [0.29, 0.717) is 12.0 Å². The predicted octanol–water partition coefficient (Wildman–Crippen LogP) is 8.52. The molecule has 0 radical (unpaired) electrons. The Morgan fingerprint density at radius 1 is 0.684 bits per heavy atom. The molecule has 1 saturated heterocycles. The van der Waals surface area contributed by atoms with Crippen LogP contribution in [0.2, 0.25) is 0 Å². The molecule has 9 rings (SSSR count). The Bertz CT molecular complexity index is 3070. The Kier molecular flexibility index (Phi) is 16.1. The lowest BCUT2D eigenvalue weighted by Gasteiger charge is -2.36. The van der Waals surface area contributed by atoms with Gasteiger partial charge >= 0.3 is 12.1 Å². The van der Waals surface area contributed by atoms with Gasteiger partial charge in [0.25, 0.3) is 0 Å². The van der Waals surface area contributed by atoms with Crippen molar-refractivity contribution in [2.24, 2.45) is 5.73 Å². The van der Waals surface area contributed by atoms with Crippen molar-refractivity contribution in [3.63, 3.8) is 0 Å². The summed E-state index contributed by atoms with van der Waals surface area (Å²) in [6.07, 6.45) is 0.937. The number of H-pyrrole nitrogens is 1. The number of rotatable bonds is 19. The fourth-order valence-electron chi connectivity index (χ4n) is 10.5. The minimum atomic E-state index is -1.54. The maximum atomic E-state index is 15.1. The monoisotopic (exact) mass is 1040 g/mol.